The third-order valence-corrected chi connectivity index (χ3v) is 7.57. The molecule has 0 aliphatic carbocycles. The number of hydrogen-bond donors (Lipinski definition) is 0. The predicted octanol–water partition coefficient (Wildman–Crippen LogP) is 10.7. The second-order valence-electron chi connectivity index (χ2n) is 10.9. The zero-order chi connectivity index (χ0) is 29.1. The monoisotopic (exact) mass is 553 g/mol. The summed E-state index contributed by atoms with van der Waals surface area (Å²) in [6.07, 6.45) is 15.7. The van der Waals surface area contributed by atoms with Crippen LogP contribution in [0.4, 0.5) is 0 Å². The minimum atomic E-state index is -0.397. The Morgan fingerprint density at radius 3 is 1.76 bits per heavy atom. The van der Waals surface area contributed by atoms with E-state index in [1.54, 1.807) is 24.3 Å². The molecule has 0 aromatic heterocycles. The van der Waals surface area contributed by atoms with Crippen molar-refractivity contribution in [3.05, 3.63) is 83.9 Å². The van der Waals surface area contributed by atoms with Crippen molar-refractivity contribution in [1.82, 2.24) is 0 Å². The quantitative estimate of drug-likeness (QED) is 0.0841. The van der Waals surface area contributed by atoms with Crippen molar-refractivity contribution in [1.29, 1.82) is 5.26 Å². The third kappa shape index (κ3) is 11.4. The van der Waals surface area contributed by atoms with E-state index in [1.165, 1.54) is 64.2 Å². The fraction of sp³-hybridized carbons (Fsp3) is 0.459. The fourth-order valence-corrected chi connectivity index (χ4v) is 4.98. The lowest BCUT2D eigenvalue weighted by atomic mass is 9.94. The van der Waals surface area contributed by atoms with Crippen molar-refractivity contribution < 1.29 is 14.3 Å². The summed E-state index contributed by atoms with van der Waals surface area (Å²) in [6, 6.07) is 25.4. The van der Waals surface area contributed by atoms with E-state index in [0.717, 1.165) is 48.3 Å². The average Bonchev–Trinajstić information content (AvgIpc) is 3.01. The van der Waals surface area contributed by atoms with Crippen LogP contribution < -0.4 is 9.47 Å². The second-order valence-corrected chi connectivity index (χ2v) is 10.9. The number of rotatable bonds is 19. The molecule has 1 atom stereocenters. The Balaban J connectivity index is 1.45. The van der Waals surface area contributed by atoms with Crippen LogP contribution in [0.2, 0.25) is 0 Å². The molecule has 3 rings (SSSR count). The molecule has 0 fully saturated rings. The van der Waals surface area contributed by atoms with E-state index in [4.69, 9.17) is 9.47 Å². The van der Waals surface area contributed by atoms with Crippen molar-refractivity contribution >= 4 is 5.97 Å². The van der Waals surface area contributed by atoms with Crippen molar-refractivity contribution in [2.24, 2.45) is 0 Å². The number of carbonyl (C=O) groups is 1. The molecule has 41 heavy (non-hydrogen) atoms. The highest BCUT2D eigenvalue weighted by Crippen LogP contribution is 2.26. The summed E-state index contributed by atoms with van der Waals surface area (Å²) in [5.41, 5.74) is 3.57. The molecule has 0 aliphatic heterocycles. The predicted molar refractivity (Wildman–Crippen MR) is 168 cm³/mol. The van der Waals surface area contributed by atoms with E-state index < -0.39 is 5.97 Å². The molecule has 0 spiro atoms. The van der Waals surface area contributed by atoms with E-state index in [9.17, 15) is 10.1 Å². The molecule has 0 radical (unpaired) electrons. The summed E-state index contributed by atoms with van der Waals surface area (Å²) in [5, 5.41) is 9.63. The minimum absolute atomic E-state index is 0.126. The summed E-state index contributed by atoms with van der Waals surface area (Å²) < 4.78 is 11.5. The summed E-state index contributed by atoms with van der Waals surface area (Å²) in [7, 11) is 0. The first kappa shape index (κ1) is 31.9. The van der Waals surface area contributed by atoms with Gasteiger partial charge in [-0.25, -0.2) is 4.79 Å². The van der Waals surface area contributed by atoms with Gasteiger partial charge in [0.2, 0.25) is 0 Å². The number of carbonyl (C=O) groups excluding carboxylic acids is 1. The maximum Gasteiger partial charge on any atom is 0.343 e. The van der Waals surface area contributed by atoms with Crippen molar-refractivity contribution in [2.75, 3.05) is 6.61 Å². The lowest BCUT2D eigenvalue weighted by molar-refractivity contribution is 0.0734. The van der Waals surface area contributed by atoms with E-state index in [-0.39, 0.29) is 5.92 Å². The molecule has 4 heteroatoms. The van der Waals surface area contributed by atoms with E-state index in [1.807, 2.05) is 48.5 Å². The number of nitrogens with zero attached hydrogens (tertiary/aromatic N) is 1. The van der Waals surface area contributed by atoms with Gasteiger partial charge in [-0.1, -0.05) is 121 Å². The smallest absolute Gasteiger partial charge is 0.343 e. The van der Waals surface area contributed by atoms with Crippen molar-refractivity contribution in [3.63, 3.8) is 0 Å². The van der Waals surface area contributed by atoms with Crippen LogP contribution in [0.25, 0.3) is 11.1 Å². The Labute approximate surface area is 247 Å². The zero-order valence-corrected chi connectivity index (χ0v) is 25.1. The Morgan fingerprint density at radius 1 is 0.659 bits per heavy atom. The molecule has 0 amide bonds. The molecule has 3 aromatic carbocycles. The molecular weight excluding hydrogens is 506 g/mol. The fourth-order valence-electron chi connectivity index (χ4n) is 4.98. The number of ether oxygens (including phenoxy) is 2. The summed E-state index contributed by atoms with van der Waals surface area (Å²) in [4.78, 5) is 12.7. The molecule has 0 N–H and O–H groups in total. The molecule has 1 unspecified atom stereocenters. The van der Waals surface area contributed by atoms with Gasteiger partial charge in [0.1, 0.15) is 11.5 Å². The number of hydrogen-bond acceptors (Lipinski definition) is 4. The molecule has 0 heterocycles. The largest absolute Gasteiger partial charge is 0.494 e. The number of unbranched alkanes of at least 4 members (excludes halogenated alkanes) is 10. The van der Waals surface area contributed by atoms with Crippen LogP contribution in [-0.2, 0) is 0 Å². The summed E-state index contributed by atoms with van der Waals surface area (Å²) in [5.74, 6) is 0.846. The van der Waals surface area contributed by atoms with Gasteiger partial charge in [-0.05, 0) is 65.9 Å². The number of benzene rings is 3. The third-order valence-electron chi connectivity index (χ3n) is 7.57. The number of esters is 1. The Hall–Kier alpha value is -3.58. The lowest BCUT2D eigenvalue weighted by Gasteiger charge is -2.11. The van der Waals surface area contributed by atoms with Crippen molar-refractivity contribution in [2.45, 2.75) is 103 Å². The zero-order valence-electron chi connectivity index (χ0n) is 25.1. The molecule has 0 saturated heterocycles. The maximum atomic E-state index is 12.7. The second kappa shape index (κ2) is 18.7. The Morgan fingerprint density at radius 2 is 1.17 bits per heavy atom. The van der Waals surface area contributed by atoms with Gasteiger partial charge in [0.25, 0.3) is 0 Å². The first-order chi connectivity index (χ1) is 20.1. The molecule has 218 valence electrons. The van der Waals surface area contributed by atoms with Gasteiger partial charge < -0.3 is 9.47 Å². The summed E-state index contributed by atoms with van der Waals surface area (Å²) in [6.45, 7) is 5.21. The van der Waals surface area contributed by atoms with E-state index >= 15 is 0 Å². The van der Waals surface area contributed by atoms with Gasteiger partial charge in [-0.3, -0.25) is 0 Å². The van der Waals surface area contributed by atoms with Crippen LogP contribution >= 0.6 is 0 Å². The first-order valence-electron chi connectivity index (χ1n) is 15.7. The maximum absolute atomic E-state index is 12.7. The topological polar surface area (TPSA) is 59.3 Å². The highest BCUT2D eigenvalue weighted by atomic mass is 16.5. The van der Waals surface area contributed by atoms with Crippen LogP contribution in [0.5, 0.6) is 11.5 Å². The SMILES string of the molecule is CCCCCCCCOc1ccc(-c2ccc(C(=O)Oc3ccc(C(C#N)CCCCCCCC)cc3)cc2)cc1. The molecule has 0 saturated carbocycles. The Kier molecular flexibility index (Phi) is 14.6. The van der Waals surface area contributed by atoms with Gasteiger partial charge in [0.15, 0.2) is 0 Å². The highest BCUT2D eigenvalue weighted by molar-refractivity contribution is 5.91. The van der Waals surface area contributed by atoms with Gasteiger partial charge in [0, 0.05) is 0 Å². The van der Waals surface area contributed by atoms with Crippen LogP contribution in [0.1, 0.15) is 119 Å². The first-order valence-corrected chi connectivity index (χ1v) is 15.7. The van der Waals surface area contributed by atoms with Crippen molar-refractivity contribution in [3.8, 4) is 28.7 Å². The number of nitriles is 1. The standard InChI is InChI=1S/C37H47NO3/c1-3-5-7-9-11-13-15-34(29-38)32-22-26-36(27-23-32)41-37(39)33-18-16-30(17-19-33)31-20-24-35(25-21-31)40-28-14-12-10-8-6-4-2/h16-27,34H,3-15,28H2,1-2H3. The van der Waals surface area contributed by atoms with Crippen LogP contribution in [-0.4, -0.2) is 12.6 Å². The average molecular weight is 554 g/mol. The van der Waals surface area contributed by atoms with Gasteiger partial charge >= 0.3 is 5.97 Å². The molecule has 0 bridgehead atoms. The molecule has 4 nitrogen and oxygen atoms in total. The Bertz CT molecular complexity index is 1180. The molecule has 3 aromatic rings. The van der Waals surface area contributed by atoms with Gasteiger partial charge in [-0.2, -0.15) is 5.26 Å². The molecular formula is C37H47NO3. The van der Waals surface area contributed by atoms with Gasteiger partial charge in [-0.15, -0.1) is 0 Å². The van der Waals surface area contributed by atoms with Crippen LogP contribution in [0, 0.1) is 11.3 Å². The van der Waals surface area contributed by atoms with Crippen LogP contribution in [0.15, 0.2) is 72.8 Å². The summed E-state index contributed by atoms with van der Waals surface area (Å²) >= 11 is 0. The van der Waals surface area contributed by atoms with Crippen LogP contribution in [0.3, 0.4) is 0 Å². The van der Waals surface area contributed by atoms with E-state index in [0.29, 0.717) is 11.3 Å². The minimum Gasteiger partial charge on any atom is -0.494 e. The van der Waals surface area contributed by atoms with E-state index in [2.05, 4.69) is 19.9 Å². The normalized spacial score (nSPS) is 11.5. The molecule has 0 aliphatic rings. The highest BCUT2D eigenvalue weighted by Gasteiger charge is 2.13. The van der Waals surface area contributed by atoms with Gasteiger partial charge in [0.05, 0.1) is 24.2 Å². The lowest BCUT2D eigenvalue weighted by Crippen LogP contribution is -2.08.